The van der Waals surface area contributed by atoms with Gasteiger partial charge in [-0.1, -0.05) is 0 Å². The monoisotopic (exact) mass is 286 g/mol. The summed E-state index contributed by atoms with van der Waals surface area (Å²) in [5.41, 5.74) is 1.92. The number of fused-ring (bicyclic) bond motifs is 1. The second kappa shape index (κ2) is 4.15. The standard InChI is InChI=1S/C10H11BrN2OS/c1-12-9-5-3-6(11)8(15-2)4-7(5)13-10(9)14/h3-4,9,12H,1-2H3,(H,13,14). The van der Waals surface area contributed by atoms with Crippen molar-refractivity contribution in [3.63, 3.8) is 0 Å². The molecular formula is C10H11BrN2OS. The molecule has 2 rings (SSSR count). The van der Waals surface area contributed by atoms with Crippen molar-refractivity contribution in [1.82, 2.24) is 5.32 Å². The summed E-state index contributed by atoms with van der Waals surface area (Å²) in [6, 6.07) is 3.77. The summed E-state index contributed by atoms with van der Waals surface area (Å²) in [5, 5.41) is 5.86. The molecule has 3 nitrogen and oxygen atoms in total. The van der Waals surface area contributed by atoms with Crippen molar-refractivity contribution in [1.29, 1.82) is 0 Å². The quantitative estimate of drug-likeness (QED) is 0.821. The summed E-state index contributed by atoms with van der Waals surface area (Å²) < 4.78 is 1.03. The predicted octanol–water partition coefficient (Wildman–Crippen LogP) is 2.38. The van der Waals surface area contributed by atoms with Gasteiger partial charge in [0.2, 0.25) is 5.91 Å². The Morgan fingerprint density at radius 3 is 2.87 bits per heavy atom. The van der Waals surface area contributed by atoms with Crippen LogP contribution in [0.3, 0.4) is 0 Å². The van der Waals surface area contributed by atoms with Crippen LogP contribution in [-0.4, -0.2) is 19.2 Å². The van der Waals surface area contributed by atoms with Gasteiger partial charge >= 0.3 is 0 Å². The van der Waals surface area contributed by atoms with Crippen LogP contribution in [0.1, 0.15) is 11.6 Å². The average Bonchev–Trinajstić information content (AvgIpc) is 2.51. The Balaban J connectivity index is 2.51. The van der Waals surface area contributed by atoms with Crippen LogP contribution in [0.25, 0.3) is 0 Å². The van der Waals surface area contributed by atoms with Crippen LogP contribution in [0.15, 0.2) is 21.5 Å². The van der Waals surface area contributed by atoms with Crippen LogP contribution < -0.4 is 10.6 Å². The molecule has 80 valence electrons. The highest BCUT2D eigenvalue weighted by Crippen LogP contribution is 2.38. The Morgan fingerprint density at radius 1 is 1.53 bits per heavy atom. The molecule has 1 atom stereocenters. The van der Waals surface area contributed by atoms with E-state index in [2.05, 4.69) is 26.6 Å². The summed E-state index contributed by atoms with van der Waals surface area (Å²) in [6.45, 7) is 0. The molecule has 1 aliphatic rings. The first kappa shape index (κ1) is 11.0. The van der Waals surface area contributed by atoms with Crippen molar-refractivity contribution in [2.24, 2.45) is 0 Å². The molecule has 0 aliphatic carbocycles. The lowest BCUT2D eigenvalue weighted by atomic mass is 10.1. The van der Waals surface area contributed by atoms with Gasteiger partial charge in [0.25, 0.3) is 0 Å². The van der Waals surface area contributed by atoms with Crippen LogP contribution in [0.2, 0.25) is 0 Å². The number of thioether (sulfide) groups is 1. The summed E-state index contributed by atoms with van der Waals surface area (Å²) in [4.78, 5) is 12.7. The van der Waals surface area contributed by atoms with E-state index in [1.54, 1.807) is 18.8 Å². The van der Waals surface area contributed by atoms with Crippen molar-refractivity contribution < 1.29 is 4.79 Å². The molecule has 1 amide bonds. The van der Waals surface area contributed by atoms with Crippen molar-refractivity contribution in [3.05, 3.63) is 22.2 Å². The fourth-order valence-electron chi connectivity index (χ4n) is 1.71. The van der Waals surface area contributed by atoms with Gasteiger partial charge in [-0.3, -0.25) is 4.79 Å². The van der Waals surface area contributed by atoms with Crippen molar-refractivity contribution in [3.8, 4) is 0 Å². The molecule has 0 spiro atoms. The van der Waals surface area contributed by atoms with Gasteiger partial charge < -0.3 is 10.6 Å². The molecule has 2 N–H and O–H groups in total. The topological polar surface area (TPSA) is 41.1 Å². The Bertz CT molecular complexity index is 422. The summed E-state index contributed by atoms with van der Waals surface area (Å²) in [7, 11) is 1.79. The number of amides is 1. The zero-order valence-corrected chi connectivity index (χ0v) is 10.8. The number of hydrogen-bond donors (Lipinski definition) is 2. The molecule has 0 saturated carbocycles. The SMILES string of the molecule is CNC1C(=O)Nc2cc(SC)c(Br)cc21. The maximum absolute atomic E-state index is 11.6. The van der Waals surface area contributed by atoms with Gasteiger partial charge in [0.05, 0.1) is 0 Å². The molecule has 1 aromatic carbocycles. The van der Waals surface area contributed by atoms with Crippen LogP contribution >= 0.6 is 27.7 Å². The highest BCUT2D eigenvalue weighted by atomic mass is 79.9. The Morgan fingerprint density at radius 2 is 2.27 bits per heavy atom. The molecule has 15 heavy (non-hydrogen) atoms. The lowest BCUT2D eigenvalue weighted by Crippen LogP contribution is -2.23. The smallest absolute Gasteiger partial charge is 0.246 e. The minimum absolute atomic E-state index is 0.0117. The molecule has 1 aromatic rings. The van der Waals surface area contributed by atoms with E-state index in [0.29, 0.717) is 0 Å². The summed E-state index contributed by atoms with van der Waals surface area (Å²) in [5.74, 6) is 0.0117. The molecule has 0 fully saturated rings. The molecule has 5 heteroatoms. The van der Waals surface area contributed by atoms with Gasteiger partial charge in [-0.15, -0.1) is 11.8 Å². The molecule has 0 radical (unpaired) electrons. The summed E-state index contributed by atoms with van der Waals surface area (Å²) in [6.07, 6.45) is 2.01. The highest BCUT2D eigenvalue weighted by molar-refractivity contribution is 9.10. The van der Waals surface area contributed by atoms with Crippen LogP contribution in [0.5, 0.6) is 0 Å². The highest BCUT2D eigenvalue weighted by Gasteiger charge is 2.29. The second-order valence-corrected chi connectivity index (χ2v) is 4.99. The third-order valence-corrected chi connectivity index (χ3v) is 4.14. The number of carbonyl (C=O) groups is 1. The fraction of sp³-hybridized carbons (Fsp3) is 0.300. The molecule has 0 bridgehead atoms. The van der Waals surface area contributed by atoms with Gasteiger partial charge in [-0.2, -0.15) is 0 Å². The van der Waals surface area contributed by atoms with Gasteiger partial charge in [-0.05, 0) is 41.4 Å². The number of halogens is 1. The third kappa shape index (κ3) is 1.79. The third-order valence-electron chi connectivity index (χ3n) is 2.44. The molecule has 0 saturated heterocycles. The minimum Gasteiger partial charge on any atom is -0.324 e. The average molecular weight is 287 g/mol. The Hall–Kier alpha value is -0.520. The maximum atomic E-state index is 11.6. The molecule has 1 unspecified atom stereocenters. The van der Waals surface area contributed by atoms with Crippen molar-refractivity contribution in [2.75, 3.05) is 18.6 Å². The largest absolute Gasteiger partial charge is 0.324 e. The number of nitrogens with one attached hydrogen (secondary N) is 2. The van der Waals surface area contributed by atoms with Gasteiger partial charge in [-0.25, -0.2) is 0 Å². The van der Waals surface area contributed by atoms with Crippen LogP contribution in [0, 0.1) is 0 Å². The van der Waals surface area contributed by atoms with E-state index in [1.165, 1.54) is 0 Å². The van der Waals surface area contributed by atoms with Crippen LogP contribution in [-0.2, 0) is 4.79 Å². The number of benzene rings is 1. The molecular weight excluding hydrogens is 276 g/mol. The molecule has 1 heterocycles. The number of hydrogen-bond acceptors (Lipinski definition) is 3. The first-order chi connectivity index (χ1) is 7.17. The number of carbonyl (C=O) groups excluding carboxylic acids is 1. The van der Waals surface area contributed by atoms with Crippen LogP contribution in [0.4, 0.5) is 5.69 Å². The molecule has 1 aliphatic heterocycles. The number of anilines is 1. The fourth-order valence-corrected chi connectivity index (χ4v) is 3.04. The lowest BCUT2D eigenvalue weighted by Gasteiger charge is -2.08. The molecule has 0 aromatic heterocycles. The summed E-state index contributed by atoms with van der Waals surface area (Å²) >= 11 is 5.15. The first-order valence-corrected chi connectivity index (χ1v) is 6.54. The van der Waals surface area contributed by atoms with Gasteiger partial charge in [0.1, 0.15) is 6.04 Å². The Kier molecular flexibility index (Phi) is 3.04. The van der Waals surface area contributed by atoms with Gasteiger partial charge in [0, 0.05) is 20.6 Å². The van der Waals surface area contributed by atoms with E-state index in [9.17, 15) is 4.79 Å². The Labute approximate surface area is 101 Å². The van der Waals surface area contributed by atoms with E-state index < -0.39 is 0 Å². The second-order valence-electron chi connectivity index (χ2n) is 3.28. The van der Waals surface area contributed by atoms with E-state index in [4.69, 9.17) is 0 Å². The van der Waals surface area contributed by atoms with Crippen molar-refractivity contribution in [2.45, 2.75) is 10.9 Å². The van der Waals surface area contributed by atoms with E-state index in [0.717, 1.165) is 20.6 Å². The van der Waals surface area contributed by atoms with Crippen molar-refractivity contribution >= 4 is 39.3 Å². The zero-order chi connectivity index (χ0) is 11.0. The van der Waals surface area contributed by atoms with Gasteiger partial charge in [0.15, 0.2) is 0 Å². The first-order valence-electron chi connectivity index (χ1n) is 4.53. The normalized spacial score (nSPS) is 18.9. The van der Waals surface area contributed by atoms with E-state index >= 15 is 0 Å². The number of rotatable bonds is 2. The van der Waals surface area contributed by atoms with E-state index in [-0.39, 0.29) is 11.9 Å². The predicted molar refractivity (Wildman–Crippen MR) is 66.4 cm³/mol. The number of likely N-dealkylation sites (N-methyl/N-ethyl adjacent to an activating group) is 1. The lowest BCUT2D eigenvalue weighted by molar-refractivity contribution is -0.117. The minimum atomic E-state index is -0.229. The maximum Gasteiger partial charge on any atom is 0.246 e. The van der Waals surface area contributed by atoms with E-state index in [1.807, 2.05) is 18.4 Å². The zero-order valence-electron chi connectivity index (χ0n) is 8.43.